The third kappa shape index (κ3) is 3.68. The molecule has 2 saturated carbocycles. The Balaban J connectivity index is 1.82. The van der Waals surface area contributed by atoms with Crippen molar-refractivity contribution in [1.29, 1.82) is 0 Å². The summed E-state index contributed by atoms with van der Waals surface area (Å²) in [7, 11) is 5.66. The second-order valence-electron chi connectivity index (χ2n) is 9.72. The molecule has 0 saturated heterocycles. The molecule has 0 bridgehead atoms. The van der Waals surface area contributed by atoms with Crippen molar-refractivity contribution in [3.8, 4) is 0 Å². The molecule has 28 heavy (non-hydrogen) atoms. The maximum Gasteiger partial charge on any atom is 0.311 e. The summed E-state index contributed by atoms with van der Waals surface area (Å²) in [5, 5.41) is 0. The van der Waals surface area contributed by atoms with Crippen LogP contribution in [0.4, 0.5) is 0 Å². The third-order valence-electron chi connectivity index (χ3n) is 7.67. The lowest BCUT2D eigenvalue weighted by atomic mass is 9.46. The quantitative estimate of drug-likeness (QED) is 0.495. The first-order chi connectivity index (χ1) is 13.2. The van der Waals surface area contributed by atoms with E-state index < -0.39 is 0 Å². The summed E-state index contributed by atoms with van der Waals surface area (Å²) >= 11 is 0. The van der Waals surface area contributed by atoms with Gasteiger partial charge in [-0.15, -0.1) is 0 Å². The van der Waals surface area contributed by atoms with Gasteiger partial charge in [0.25, 0.3) is 0 Å². The number of rotatable bonds is 6. The normalized spacial score (nSPS) is 33.0. The van der Waals surface area contributed by atoms with Crippen molar-refractivity contribution in [3.63, 3.8) is 0 Å². The number of furan rings is 1. The molecule has 1 aromatic rings. The molecule has 0 unspecified atom stereocenters. The highest BCUT2D eigenvalue weighted by molar-refractivity contribution is 5.77. The summed E-state index contributed by atoms with van der Waals surface area (Å²) in [6, 6.07) is 2.11. The number of nitrogens with zero attached hydrogens (tertiary/aromatic N) is 1. The summed E-state index contributed by atoms with van der Waals surface area (Å²) in [6.07, 6.45) is 9.15. The smallest absolute Gasteiger partial charge is 0.311 e. The van der Waals surface area contributed by atoms with E-state index >= 15 is 0 Å². The molecule has 4 nitrogen and oxygen atoms in total. The van der Waals surface area contributed by atoms with Gasteiger partial charge in [0.05, 0.1) is 25.3 Å². The Kier molecular flexibility index (Phi) is 6.09. The molecular weight excluding hydrogens is 350 g/mol. The van der Waals surface area contributed by atoms with Gasteiger partial charge in [-0.2, -0.15) is 0 Å². The Morgan fingerprint density at radius 2 is 2.11 bits per heavy atom. The van der Waals surface area contributed by atoms with Gasteiger partial charge < -0.3 is 14.1 Å². The van der Waals surface area contributed by atoms with Gasteiger partial charge in [0, 0.05) is 0 Å². The highest BCUT2D eigenvalue weighted by Gasteiger charge is 2.57. The fourth-order valence-electron chi connectivity index (χ4n) is 6.28. The van der Waals surface area contributed by atoms with Crippen LogP contribution in [0.25, 0.3) is 0 Å². The van der Waals surface area contributed by atoms with Crippen molar-refractivity contribution in [2.75, 3.05) is 21.2 Å². The van der Waals surface area contributed by atoms with Crippen molar-refractivity contribution >= 4 is 5.97 Å². The number of carbonyl (C=O) groups excluding carboxylic acids is 1. The molecule has 2 aliphatic carbocycles. The fraction of sp³-hybridized carbons (Fsp3) is 0.708. The van der Waals surface area contributed by atoms with E-state index in [2.05, 4.69) is 45.5 Å². The summed E-state index contributed by atoms with van der Waals surface area (Å²) in [6.45, 7) is 9.84. The Morgan fingerprint density at radius 1 is 1.36 bits per heavy atom. The van der Waals surface area contributed by atoms with Crippen LogP contribution in [-0.4, -0.2) is 32.1 Å². The number of allylic oxidation sites excluding steroid dienone is 1. The molecule has 1 aromatic heterocycles. The van der Waals surface area contributed by atoms with E-state index in [9.17, 15) is 4.79 Å². The average molecular weight is 388 g/mol. The van der Waals surface area contributed by atoms with Crippen LogP contribution in [0.3, 0.4) is 0 Å². The number of esters is 1. The Hall–Kier alpha value is -1.55. The molecule has 156 valence electrons. The number of hydrogen-bond acceptors (Lipinski definition) is 4. The lowest BCUT2D eigenvalue weighted by Crippen LogP contribution is -2.53. The third-order valence-corrected chi connectivity index (χ3v) is 7.67. The van der Waals surface area contributed by atoms with E-state index in [1.54, 1.807) is 0 Å². The lowest BCUT2D eigenvalue weighted by Gasteiger charge is -2.57. The highest BCUT2D eigenvalue weighted by Crippen LogP contribution is 2.62. The topological polar surface area (TPSA) is 42.7 Å². The minimum Gasteiger partial charge on any atom is -0.469 e. The number of aryl methyl sites for hydroxylation is 1. The Labute approximate surface area is 170 Å². The second kappa shape index (κ2) is 8.06. The molecule has 2 aliphatic rings. The van der Waals surface area contributed by atoms with E-state index in [0.29, 0.717) is 11.8 Å². The number of hydrogen-bond donors (Lipinski definition) is 0. The number of fused-ring (bicyclic) bond motifs is 1. The SMILES string of the molecule is C=C1CC[C@@H]2[C@](C)(CCC[C@]2(C)C(=O)OC)[C@H]1CCc1ccoc1CN(C)C. The van der Waals surface area contributed by atoms with Gasteiger partial charge >= 0.3 is 5.97 Å². The maximum atomic E-state index is 12.7. The molecule has 4 atom stereocenters. The van der Waals surface area contributed by atoms with E-state index in [0.717, 1.165) is 50.8 Å². The van der Waals surface area contributed by atoms with Crippen molar-refractivity contribution in [2.45, 2.75) is 65.3 Å². The van der Waals surface area contributed by atoms with Crippen molar-refractivity contribution in [2.24, 2.45) is 22.7 Å². The van der Waals surface area contributed by atoms with Gasteiger partial charge in [-0.25, -0.2) is 0 Å². The first-order valence-electron chi connectivity index (χ1n) is 10.7. The molecule has 1 heterocycles. The average Bonchev–Trinajstić information content (AvgIpc) is 3.06. The Bertz CT molecular complexity index is 721. The van der Waals surface area contributed by atoms with Crippen molar-refractivity contribution in [3.05, 3.63) is 35.8 Å². The van der Waals surface area contributed by atoms with Gasteiger partial charge in [0.15, 0.2) is 0 Å². The van der Waals surface area contributed by atoms with Crippen LogP contribution >= 0.6 is 0 Å². The zero-order valence-corrected chi connectivity index (χ0v) is 18.3. The molecule has 0 amide bonds. The maximum absolute atomic E-state index is 12.7. The predicted octanol–water partition coefficient (Wildman–Crippen LogP) is 5.23. The molecule has 0 radical (unpaired) electrons. The second-order valence-corrected chi connectivity index (χ2v) is 9.72. The largest absolute Gasteiger partial charge is 0.469 e. The number of methoxy groups -OCH3 is 1. The highest BCUT2D eigenvalue weighted by atomic mass is 16.5. The fourth-order valence-corrected chi connectivity index (χ4v) is 6.28. The van der Waals surface area contributed by atoms with Gasteiger partial charge in [-0.1, -0.05) is 25.5 Å². The lowest BCUT2D eigenvalue weighted by molar-refractivity contribution is -0.168. The van der Waals surface area contributed by atoms with Gasteiger partial charge in [-0.05, 0) is 88.4 Å². The predicted molar refractivity (Wildman–Crippen MR) is 112 cm³/mol. The summed E-state index contributed by atoms with van der Waals surface area (Å²) < 4.78 is 11.0. The van der Waals surface area contributed by atoms with Crippen LogP contribution in [0.5, 0.6) is 0 Å². The van der Waals surface area contributed by atoms with E-state index in [1.807, 2.05) is 6.26 Å². The zero-order valence-electron chi connectivity index (χ0n) is 18.3. The van der Waals surface area contributed by atoms with Crippen molar-refractivity contribution in [1.82, 2.24) is 4.90 Å². The molecule has 2 fully saturated rings. The molecule has 0 N–H and O–H groups in total. The zero-order chi connectivity index (χ0) is 20.5. The molecule has 0 aliphatic heterocycles. The van der Waals surface area contributed by atoms with E-state index in [-0.39, 0.29) is 16.8 Å². The summed E-state index contributed by atoms with van der Waals surface area (Å²) in [5.41, 5.74) is 2.42. The van der Waals surface area contributed by atoms with Gasteiger partial charge in [0.2, 0.25) is 0 Å². The number of carbonyl (C=O) groups is 1. The Morgan fingerprint density at radius 3 is 2.79 bits per heavy atom. The van der Waals surface area contributed by atoms with Gasteiger partial charge in [0.1, 0.15) is 5.76 Å². The first kappa shape index (κ1) is 21.2. The number of ether oxygens (including phenoxy) is 1. The minimum absolute atomic E-state index is 0.0298. The van der Waals surface area contributed by atoms with Crippen molar-refractivity contribution < 1.29 is 13.9 Å². The summed E-state index contributed by atoms with van der Waals surface area (Å²) in [4.78, 5) is 14.8. The van der Waals surface area contributed by atoms with E-state index in [1.165, 1.54) is 24.7 Å². The monoisotopic (exact) mass is 387 g/mol. The van der Waals surface area contributed by atoms with Crippen LogP contribution in [0.15, 0.2) is 28.9 Å². The first-order valence-corrected chi connectivity index (χ1v) is 10.7. The molecule has 0 spiro atoms. The summed E-state index contributed by atoms with van der Waals surface area (Å²) in [5.74, 6) is 1.84. The van der Waals surface area contributed by atoms with Crippen LogP contribution in [0.2, 0.25) is 0 Å². The van der Waals surface area contributed by atoms with Gasteiger partial charge in [-0.3, -0.25) is 4.79 Å². The van der Waals surface area contributed by atoms with E-state index in [4.69, 9.17) is 9.15 Å². The van der Waals surface area contributed by atoms with Crippen LogP contribution in [0.1, 0.15) is 63.7 Å². The van der Waals surface area contributed by atoms with Crippen LogP contribution in [-0.2, 0) is 22.5 Å². The standard InChI is InChI=1S/C24H37NO3/c1-17-8-11-21-23(2,13-7-14-24(21,3)22(26)27-6)19(17)10-9-18-12-15-28-20(18)16-25(4)5/h12,15,19,21H,1,7-11,13-14,16H2,2-6H3/t19-,21+,23+,24-/m0/s1. The molecule has 3 rings (SSSR count). The molecule has 0 aromatic carbocycles. The minimum atomic E-state index is -0.369. The van der Waals surface area contributed by atoms with Crippen LogP contribution in [0, 0.1) is 22.7 Å². The van der Waals surface area contributed by atoms with Crippen LogP contribution < -0.4 is 0 Å². The molecular formula is C24H37NO3. The molecule has 4 heteroatoms.